The summed E-state index contributed by atoms with van der Waals surface area (Å²) in [7, 11) is 0. The highest BCUT2D eigenvalue weighted by molar-refractivity contribution is 6.30. The third kappa shape index (κ3) is 7.25. The van der Waals surface area contributed by atoms with Gasteiger partial charge in [-0.2, -0.15) is 13.2 Å². The molecule has 3 rings (SSSR count). The number of amides is 1. The van der Waals surface area contributed by atoms with Crippen LogP contribution in [-0.4, -0.2) is 24.7 Å². The van der Waals surface area contributed by atoms with Gasteiger partial charge in [-0.05, 0) is 60.1 Å². The van der Waals surface area contributed by atoms with Crippen molar-refractivity contribution in [2.24, 2.45) is 17.8 Å². The summed E-state index contributed by atoms with van der Waals surface area (Å²) in [6, 6.07) is 13.5. The van der Waals surface area contributed by atoms with Gasteiger partial charge in [0.25, 0.3) is 0 Å². The van der Waals surface area contributed by atoms with E-state index >= 15 is 0 Å². The molecule has 2 N–H and O–H groups in total. The third-order valence-electron chi connectivity index (χ3n) is 7.05. The second kappa shape index (κ2) is 11.8. The molecule has 6 atom stereocenters. The fourth-order valence-electron chi connectivity index (χ4n) is 5.06. The van der Waals surface area contributed by atoms with E-state index in [2.05, 4.69) is 17.2 Å². The molecule has 1 aliphatic rings. The number of hydrogen-bond acceptors (Lipinski definition) is 2. The van der Waals surface area contributed by atoms with Gasteiger partial charge < -0.3 is 10.6 Å². The molecular weight excluding hydrogens is 496 g/mol. The van der Waals surface area contributed by atoms with Gasteiger partial charge >= 0.3 is 6.18 Å². The maximum atomic E-state index is 13.1. The molecule has 3 unspecified atom stereocenters. The number of piperidine rings is 1. The van der Waals surface area contributed by atoms with Crippen molar-refractivity contribution >= 4 is 29.1 Å². The Morgan fingerprint density at radius 3 is 2.43 bits per heavy atom. The van der Waals surface area contributed by atoms with E-state index in [-0.39, 0.29) is 35.6 Å². The second-order valence-electron chi connectivity index (χ2n) is 9.40. The molecule has 1 heterocycles. The average molecular weight is 527 g/mol. The SMILES string of the molecule is C=CC[C@H]1C[C@H](c2cccc(Cl)c2)[C@H](C(C)C(C)C(NCC(F)(F)F)c2ccc(Cl)cc2)NC1=O. The Balaban J connectivity index is 1.94. The summed E-state index contributed by atoms with van der Waals surface area (Å²) < 4.78 is 39.4. The van der Waals surface area contributed by atoms with E-state index in [0.717, 1.165) is 5.56 Å². The molecule has 0 aromatic heterocycles. The Bertz CT molecular complexity index is 1010. The van der Waals surface area contributed by atoms with Gasteiger partial charge in [0.15, 0.2) is 0 Å². The van der Waals surface area contributed by atoms with Crippen LogP contribution in [0.5, 0.6) is 0 Å². The van der Waals surface area contributed by atoms with E-state index in [0.29, 0.717) is 28.5 Å². The topological polar surface area (TPSA) is 41.1 Å². The van der Waals surface area contributed by atoms with Gasteiger partial charge in [0.2, 0.25) is 5.91 Å². The molecule has 190 valence electrons. The van der Waals surface area contributed by atoms with Crippen molar-refractivity contribution in [1.82, 2.24) is 10.6 Å². The zero-order valence-corrected chi connectivity index (χ0v) is 21.3. The van der Waals surface area contributed by atoms with E-state index in [4.69, 9.17) is 23.2 Å². The normalized spacial score (nSPS) is 23.3. The summed E-state index contributed by atoms with van der Waals surface area (Å²) in [6.45, 7) is 6.56. The van der Waals surface area contributed by atoms with Gasteiger partial charge in [-0.25, -0.2) is 0 Å². The quantitative estimate of drug-likeness (QED) is 0.336. The van der Waals surface area contributed by atoms with Crippen LogP contribution >= 0.6 is 23.2 Å². The molecule has 1 aliphatic heterocycles. The van der Waals surface area contributed by atoms with Crippen molar-refractivity contribution in [3.8, 4) is 0 Å². The number of benzene rings is 2. The Morgan fingerprint density at radius 2 is 1.83 bits per heavy atom. The molecule has 0 aliphatic carbocycles. The highest BCUT2D eigenvalue weighted by Crippen LogP contribution is 2.41. The summed E-state index contributed by atoms with van der Waals surface area (Å²) in [5.74, 6) is -0.720. The molecule has 0 spiro atoms. The maximum Gasteiger partial charge on any atom is 0.401 e. The van der Waals surface area contributed by atoms with Crippen LogP contribution in [0.3, 0.4) is 0 Å². The van der Waals surface area contributed by atoms with Crippen LogP contribution in [0, 0.1) is 17.8 Å². The zero-order chi connectivity index (χ0) is 25.8. The summed E-state index contributed by atoms with van der Waals surface area (Å²) in [5.41, 5.74) is 1.71. The second-order valence-corrected chi connectivity index (χ2v) is 10.3. The van der Waals surface area contributed by atoms with E-state index < -0.39 is 18.8 Å². The van der Waals surface area contributed by atoms with Crippen molar-refractivity contribution in [1.29, 1.82) is 0 Å². The average Bonchev–Trinajstić information content (AvgIpc) is 2.80. The first-order chi connectivity index (χ1) is 16.5. The summed E-state index contributed by atoms with van der Waals surface area (Å²) >= 11 is 12.3. The molecule has 35 heavy (non-hydrogen) atoms. The zero-order valence-electron chi connectivity index (χ0n) is 19.8. The number of nitrogens with one attached hydrogen (secondary N) is 2. The van der Waals surface area contributed by atoms with Crippen LogP contribution in [0.1, 0.15) is 49.8 Å². The lowest BCUT2D eigenvalue weighted by Gasteiger charge is -2.43. The Morgan fingerprint density at radius 1 is 1.14 bits per heavy atom. The Labute approximate surface area is 215 Å². The molecular formula is C27H31Cl2F3N2O. The summed E-state index contributed by atoms with van der Waals surface area (Å²) in [6.07, 6.45) is -1.45. The predicted molar refractivity (Wildman–Crippen MR) is 136 cm³/mol. The van der Waals surface area contributed by atoms with Crippen LogP contribution in [0.4, 0.5) is 13.2 Å². The highest BCUT2D eigenvalue weighted by Gasteiger charge is 2.42. The van der Waals surface area contributed by atoms with Crippen LogP contribution < -0.4 is 10.6 Å². The molecule has 1 amide bonds. The van der Waals surface area contributed by atoms with Gasteiger partial charge in [0, 0.05) is 34.0 Å². The molecule has 3 nitrogen and oxygen atoms in total. The molecule has 0 bridgehead atoms. The predicted octanol–water partition coefficient (Wildman–Crippen LogP) is 7.32. The standard InChI is InChI=1S/C27H31Cl2F3N2O/c1-4-6-20-14-23(19-7-5-8-22(29)13-19)25(34-26(20)35)17(3)16(2)24(33-15-27(30,31)32)18-9-11-21(28)12-10-18/h4-5,7-13,16-17,20,23-25,33H,1,6,14-15H2,2-3H3,(H,34,35)/t16?,17?,20-,23+,24?,25-/m0/s1. The first-order valence-electron chi connectivity index (χ1n) is 11.7. The first-order valence-corrected chi connectivity index (χ1v) is 12.5. The van der Waals surface area contributed by atoms with Crippen LogP contribution in [0.2, 0.25) is 10.0 Å². The van der Waals surface area contributed by atoms with E-state index in [9.17, 15) is 18.0 Å². The molecule has 0 saturated carbocycles. The van der Waals surface area contributed by atoms with Gasteiger partial charge in [-0.15, -0.1) is 6.58 Å². The van der Waals surface area contributed by atoms with Crippen molar-refractivity contribution in [2.45, 2.75) is 50.9 Å². The fraction of sp³-hybridized carbons (Fsp3) is 0.444. The summed E-state index contributed by atoms with van der Waals surface area (Å²) in [4.78, 5) is 12.9. The summed E-state index contributed by atoms with van der Waals surface area (Å²) in [5, 5.41) is 7.00. The minimum Gasteiger partial charge on any atom is -0.352 e. The number of allylic oxidation sites excluding steroid dienone is 1. The Hall–Kier alpha value is -2.02. The number of alkyl halides is 3. The van der Waals surface area contributed by atoms with Crippen molar-refractivity contribution in [2.75, 3.05) is 6.54 Å². The van der Waals surface area contributed by atoms with Crippen molar-refractivity contribution in [3.63, 3.8) is 0 Å². The smallest absolute Gasteiger partial charge is 0.352 e. The molecule has 1 fully saturated rings. The maximum absolute atomic E-state index is 13.1. The monoisotopic (exact) mass is 526 g/mol. The molecule has 8 heteroatoms. The third-order valence-corrected chi connectivity index (χ3v) is 7.54. The number of halogens is 5. The van der Waals surface area contributed by atoms with Crippen molar-refractivity contribution < 1.29 is 18.0 Å². The van der Waals surface area contributed by atoms with Crippen molar-refractivity contribution in [3.05, 3.63) is 82.4 Å². The fourth-order valence-corrected chi connectivity index (χ4v) is 5.38. The van der Waals surface area contributed by atoms with Gasteiger partial charge in [-0.1, -0.05) is 67.4 Å². The molecule has 2 aromatic rings. The first kappa shape index (κ1) is 27.6. The lowest BCUT2D eigenvalue weighted by molar-refractivity contribution is -0.129. The van der Waals surface area contributed by atoms with Crippen LogP contribution in [-0.2, 0) is 4.79 Å². The van der Waals surface area contributed by atoms with Crippen LogP contribution in [0.15, 0.2) is 61.2 Å². The van der Waals surface area contributed by atoms with Crippen LogP contribution in [0.25, 0.3) is 0 Å². The lowest BCUT2D eigenvalue weighted by atomic mass is 9.70. The number of rotatable bonds is 9. The largest absolute Gasteiger partial charge is 0.401 e. The van der Waals surface area contributed by atoms with Gasteiger partial charge in [0.05, 0.1) is 6.54 Å². The molecule has 2 aromatic carbocycles. The number of hydrogen-bond donors (Lipinski definition) is 2. The molecule has 1 saturated heterocycles. The van der Waals surface area contributed by atoms with E-state index in [1.54, 1.807) is 36.4 Å². The Kier molecular flexibility index (Phi) is 9.30. The van der Waals surface area contributed by atoms with Gasteiger partial charge in [-0.3, -0.25) is 4.79 Å². The van der Waals surface area contributed by atoms with Gasteiger partial charge in [0.1, 0.15) is 0 Å². The van der Waals surface area contributed by atoms with E-state index in [1.165, 1.54) is 0 Å². The highest BCUT2D eigenvalue weighted by atomic mass is 35.5. The van der Waals surface area contributed by atoms with E-state index in [1.807, 2.05) is 32.0 Å². The number of carbonyl (C=O) groups is 1. The molecule has 0 radical (unpaired) electrons. The minimum absolute atomic E-state index is 0.0396. The lowest BCUT2D eigenvalue weighted by Crippen LogP contribution is -2.53. The number of carbonyl (C=O) groups excluding carboxylic acids is 1. The minimum atomic E-state index is -4.35.